The molecule has 0 heterocycles. The van der Waals surface area contributed by atoms with Crippen molar-refractivity contribution in [2.45, 2.75) is 0 Å². The Morgan fingerprint density at radius 3 is 2.38 bits per heavy atom. The highest BCUT2D eigenvalue weighted by atomic mass is 35.5. The van der Waals surface area contributed by atoms with Crippen LogP contribution in [-0.4, -0.2) is 0 Å². The zero-order valence-corrected chi connectivity index (χ0v) is 9.13. The fraction of sp³-hybridized carbons (Fsp3) is 0. The summed E-state index contributed by atoms with van der Waals surface area (Å²) >= 11 is 5.99. The number of anilines is 3. The van der Waals surface area contributed by atoms with Gasteiger partial charge in [-0.25, -0.2) is 4.39 Å². The first kappa shape index (κ1) is 10.8. The molecule has 0 aliphatic carbocycles. The number of nitrogen functional groups attached to an aromatic ring is 1. The maximum Gasteiger partial charge on any atom is 0.123 e. The first-order chi connectivity index (χ1) is 7.66. The van der Waals surface area contributed by atoms with E-state index in [4.69, 9.17) is 17.3 Å². The summed E-state index contributed by atoms with van der Waals surface area (Å²) in [6.45, 7) is 0. The third kappa shape index (κ3) is 2.25. The lowest BCUT2D eigenvalue weighted by atomic mass is 10.2. The van der Waals surface area contributed by atoms with E-state index in [1.165, 1.54) is 12.1 Å². The van der Waals surface area contributed by atoms with Gasteiger partial charge in [-0.1, -0.05) is 17.7 Å². The standard InChI is InChI=1S/C12H10ClFN2/c13-10-2-1-3-11(15)12(10)16-9-6-4-8(14)5-7-9/h1-7,16H,15H2. The predicted octanol–water partition coefficient (Wildman–Crippen LogP) is 3.80. The molecule has 0 saturated carbocycles. The first-order valence-corrected chi connectivity index (χ1v) is 5.11. The summed E-state index contributed by atoms with van der Waals surface area (Å²) in [5.74, 6) is -0.280. The van der Waals surface area contributed by atoms with Gasteiger partial charge >= 0.3 is 0 Å². The molecule has 0 saturated heterocycles. The molecule has 0 spiro atoms. The normalized spacial score (nSPS) is 10.1. The fourth-order valence-corrected chi connectivity index (χ4v) is 1.58. The number of nitrogens with two attached hydrogens (primary N) is 1. The van der Waals surface area contributed by atoms with E-state index in [1.54, 1.807) is 30.3 Å². The van der Waals surface area contributed by atoms with E-state index in [-0.39, 0.29) is 5.82 Å². The molecule has 2 aromatic rings. The molecule has 4 heteroatoms. The van der Waals surface area contributed by atoms with Crippen LogP contribution in [-0.2, 0) is 0 Å². The van der Waals surface area contributed by atoms with Crippen molar-refractivity contribution in [1.82, 2.24) is 0 Å². The summed E-state index contributed by atoms with van der Waals surface area (Å²) in [4.78, 5) is 0. The molecule has 0 amide bonds. The molecule has 2 rings (SSSR count). The van der Waals surface area contributed by atoms with Crippen molar-refractivity contribution >= 4 is 28.7 Å². The molecule has 0 fully saturated rings. The number of benzene rings is 2. The van der Waals surface area contributed by atoms with E-state index in [9.17, 15) is 4.39 Å². The highest BCUT2D eigenvalue weighted by Crippen LogP contribution is 2.30. The molecular formula is C12H10ClFN2. The number of hydrogen-bond donors (Lipinski definition) is 2. The molecule has 0 atom stereocenters. The summed E-state index contributed by atoms with van der Waals surface area (Å²) < 4.78 is 12.7. The average Bonchev–Trinajstić information content (AvgIpc) is 2.26. The SMILES string of the molecule is Nc1cccc(Cl)c1Nc1ccc(F)cc1. The molecule has 82 valence electrons. The van der Waals surface area contributed by atoms with Crippen molar-refractivity contribution in [3.63, 3.8) is 0 Å². The third-order valence-corrected chi connectivity index (χ3v) is 2.47. The predicted molar refractivity (Wildman–Crippen MR) is 65.5 cm³/mol. The molecule has 0 aliphatic heterocycles. The minimum Gasteiger partial charge on any atom is -0.397 e. The zero-order chi connectivity index (χ0) is 11.5. The van der Waals surface area contributed by atoms with Crippen molar-refractivity contribution in [3.8, 4) is 0 Å². The van der Waals surface area contributed by atoms with Crippen molar-refractivity contribution in [2.75, 3.05) is 11.1 Å². The largest absolute Gasteiger partial charge is 0.397 e. The fourth-order valence-electron chi connectivity index (χ4n) is 1.35. The minimum atomic E-state index is -0.280. The Hall–Kier alpha value is -1.74. The number of hydrogen-bond acceptors (Lipinski definition) is 2. The Balaban J connectivity index is 2.30. The topological polar surface area (TPSA) is 38.0 Å². The van der Waals surface area contributed by atoms with Gasteiger partial charge in [0, 0.05) is 5.69 Å². The Bertz CT molecular complexity index is 477. The minimum absolute atomic E-state index is 0.280. The van der Waals surface area contributed by atoms with Gasteiger partial charge in [-0.05, 0) is 36.4 Å². The van der Waals surface area contributed by atoms with Crippen LogP contribution in [0.1, 0.15) is 0 Å². The lowest BCUT2D eigenvalue weighted by molar-refractivity contribution is 0.628. The summed E-state index contributed by atoms with van der Waals surface area (Å²) in [5.41, 5.74) is 7.70. The van der Waals surface area contributed by atoms with Gasteiger partial charge in [0.15, 0.2) is 0 Å². The van der Waals surface area contributed by atoms with Crippen LogP contribution in [0.25, 0.3) is 0 Å². The molecular weight excluding hydrogens is 227 g/mol. The van der Waals surface area contributed by atoms with Gasteiger partial charge in [-0.2, -0.15) is 0 Å². The van der Waals surface area contributed by atoms with E-state index in [0.717, 1.165) is 5.69 Å². The summed E-state index contributed by atoms with van der Waals surface area (Å²) in [6, 6.07) is 11.2. The Morgan fingerprint density at radius 2 is 1.75 bits per heavy atom. The Labute approximate surface area is 97.8 Å². The maximum absolute atomic E-state index is 12.7. The van der Waals surface area contributed by atoms with Crippen molar-refractivity contribution < 1.29 is 4.39 Å². The Kier molecular flexibility index (Phi) is 2.97. The molecule has 16 heavy (non-hydrogen) atoms. The third-order valence-electron chi connectivity index (χ3n) is 2.16. The lowest BCUT2D eigenvalue weighted by Crippen LogP contribution is -1.96. The first-order valence-electron chi connectivity index (χ1n) is 4.73. The molecule has 0 bridgehead atoms. The second-order valence-corrected chi connectivity index (χ2v) is 3.74. The van der Waals surface area contributed by atoms with Crippen molar-refractivity contribution in [3.05, 3.63) is 53.3 Å². The van der Waals surface area contributed by atoms with Crippen molar-refractivity contribution in [1.29, 1.82) is 0 Å². The molecule has 0 radical (unpaired) electrons. The summed E-state index contributed by atoms with van der Waals surface area (Å²) in [6.07, 6.45) is 0. The van der Waals surface area contributed by atoms with Crippen LogP contribution in [0.5, 0.6) is 0 Å². The van der Waals surface area contributed by atoms with E-state index < -0.39 is 0 Å². The molecule has 0 unspecified atom stereocenters. The van der Waals surface area contributed by atoms with Crippen LogP contribution in [0.2, 0.25) is 5.02 Å². The molecule has 0 aliphatic rings. The van der Waals surface area contributed by atoms with Gasteiger partial charge in [0.2, 0.25) is 0 Å². The quantitative estimate of drug-likeness (QED) is 0.779. The van der Waals surface area contributed by atoms with Crippen LogP contribution in [0, 0.1) is 5.82 Å². The molecule has 3 N–H and O–H groups in total. The number of nitrogens with one attached hydrogen (secondary N) is 1. The van der Waals surface area contributed by atoms with E-state index in [2.05, 4.69) is 5.32 Å². The van der Waals surface area contributed by atoms with Gasteiger partial charge in [0.1, 0.15) is 5.82 Å². The van der Waals surface area contributed by atoms with Gasteiger partial charge in [-0.3, -0.25) is 0 Å². The van der Waals surface area contributed by atoms with E-state index in [0.29, 0.717) is 16.4 Å². The molecule has 2 nitrogen and oxygen atoms in total. The molecule has 2 aromatic carbocycles. The second kappa shape index (κ2) is 4.41. The van der Waals surface area contributed by atoms with Gasteiger partial charge in [-0.15, -0.1) is 0 Å². The Morgan fingerprint density at radius 1 is 1.06 bits per heavy atom. The maximum atomic E-state index is 12.7. The van der Waals surface area contributed by atoms with Gasteiger partial charge in [0.25, 0.3) is 0 Å². The van der Waals surface area contributed by atoms with Crippen LogP contribution in [0.4, 0.5) is 21.5 Å². The number of halogens is 2. The van der Waals surface area contributed by atoms with Crippen LogP contribution < -0.4 is 11.1 Å². The highest BCUT2D eigenvalue weighted by molar-refractivity contribution is 6.34. The number of para-hydroxylation sites is 1. The van der Waals surface area contributed by atoms with E-state index >= 15 is 0 Å². The lowest BCUT2D eigenvalue weighted by Gasteiger charge is -2.10. The van der Waals surface area contributed by atoms with Crippen LogP contribution in [0.3, 0.4) is 0 Å². The zero-order valence-electron chi connectivity index (χ0n) is 8.37. The number of rotatable bonds is 2. The van der Waals surface area contributed by atoms with Crippen molar-refractivity contribution in [2.24, 2.45) is 0 Å². The molecule has 0 aromatic heterocycles. The van der Waals surface area contributed by atoms with Gasteiger partial charge < -0.3 is 11.1 Å². The summed E-state index contributed by atoms with van der Waals surface area (Å²) in [7, 11) is 0. The average molecular weight is 237 g/mol. The van der Waals surface area contributed by atoms with Crippen LogP contribution in [0.15, 0.2) is 42.5 Å². The second-order valence-electron chi connectivity index (χ2n) is 3.34. The smallest absolute Gasteiger partial charge is 0.123 e. The van der Waals surface area contributed by atoms with Crippen LogP contribution >= 0.6 is 11.6 Å². The monoisotopic (exact) mass is 236 g/mol. The summed E-state index contributed by atoms with van der Waals surface area (Å²) in [5, 5.41) is 3.58. The van der Waals surface area contributed by atoms with Gasteiger partial charge in [0.05, 0.1) is 16.4 Å². The van der Waals surface area contributed by atoms with E-state index in [1.807, 2.05) is 0 Å². The highest BCUT2D eigenvalue weighted by Gasteiger charge is 2.04.